The van der Waals surface area contributed by atoms with Crippen LogP contribution in [0.15, 0.2) is 94.0 Å². The Bertz CT molecular complexity index is 1070. The maximum atomic E-state index is 13.1. The number of carbonyl (C=O) groups excluding carboxylic acids is 1. The first-order valence-corrected chi connectivity index (χ1v) is 9.50. The van der Waals surface area contributed by atoms with Crippen molar-refractivity contribution in [2.75, 3.05) is 0 Å². The lowest BCUT2D eigenvalue weighted by Gasteiger charge is -2.20. The molecule has 2 aromatic heterocycles. The smallest absolute Gasteiger partial charge is 0.290 e. The van der Waals surface area contributed by atoms with Gasteiger partial charge in [-0.2, -0.15) is 0 Å². The number of carbonyl (C=O) groups is 1. The van der Waals surface area contributed by atoms with E-state index in [1.54, 1.807) is 29.4 Å². The number of amides is 1. The molecule has 2 heterocycles. The van der Waals surface area contributed by atoms with Crippen LogP contribution >= 0.6 is 0 Å². The molecule has 0 saturated carbocycles. The molecule has 5 nitrogen and oxygen atoms in total. The molecule has 2 aromatic carbocycles. The number of hydrogen-bond acceptors (Lipinski definition) is 4. The van der Waals surface area contributed by atoms with E-state index in [0.29, 0.717) is 30.4 Å². The predicted octanol–water partition coefficient (Wildman–Crippen LogP) is 5.43. The summed E-state index contributed by atoms with van der Waals surface area (Å²) >= 11 is 0. The van der Waals surface area contributed by atoms with Crippen LogP contribution < -0.4 is 4.74 Å². The second kappa shape index (κ2) is 9.13. The van der Waals surface area contributed by atoms with Crippen molar-refractivity contribution in [3.05, 3.63) is 114 Å². The van der Waals surface area contributed by atoms with Crippen molar-refractivity contribution in [1.82, 2.24) is 4.90 Å². The molecule has 0 spiro atoms. The molecule has 1 amide bonds. The topological polar surface area (TPSA) is 55.8 Å². The zero-order valence-corrected chi connectivity index (χ0v) is 16.2. The maximum Gasteiger partial charge on any atom is 0.290 e. The average Bonchev–Trinajstić information content (AvgIpc) is 3.45. The van der Waals surface area contributed by atoms with Crippen molar-refractivity contribution < 1.29 is 22.8 Å². The van der Waals surface area contributed by atoms with Gasteiger partial charge in [0, 0.05) is 6.54 Å². The molecule has 0 fully saturated rings. The summed E-state index contributed by atoms with van der Waals surface area (Å²) in [6.07, 6.45) is 1.58. The summed E-state index contributed by atoms with van der Waals surface area (Å²) in [4.78, 5) is 14.8. The van der Waals surface area contributed by atoms with Crippen LogP contribution in [0.25, 0.3) is 0 Å². The Hall–Kier alpha value is -3.80. The Labute approximate surface area is 173 Å². The molecule has 152 valence electrons. The van der Waals surface area contributed by atoms with Gasteiger partial charge in [0.25, 0.3) is 5.91 Å². The van der Waals surface area contributed by atoms with Gasteiger partial charge in [-0.25, -0.2) is 4.39 Å². The first-order chi connectivity index (χ1) is 14.7. The third kappa shape index (κ3) is 4.97. The Morgan fingerprint density at radius 1 is 0.867 bits per heavy atom. The largest absolute Gasteiger partial charge is 0.486 e. The van der Waals surface area contributed by atoms with Crippen molar-refractivity contribution in [3.63, 3.8) is 0 Å². The van der Waals surface area contributed by atoms with Gasteiger partial charge in [-0.3, -0.25) is 4.79 Å². The Morgan fingerprint density at radius 3 is 2.40 bits per heavy atom. The summed E-state index contributed by atoms with van der Waals surface area (Å²) in [6, 6.07) is 22.4. The van der Waals surface area contributed by atoms with Crippen LogP contribution in [0.3, 0.4) is 0 Å². The number of benzene rings is 2. The van der Waals surface area contributed by atoms with E-state index in [1.165, 1.54) is 24.3 Å². The zero-order chi connectivity index (χ0) is 20.8. The minimum Gasteiger partial charge on any atom is -0.486 e. The molecule has 0 aliphatic rings. The van der Waals surface area contributed by atoms with E-state index in [4.69, 9.17) is 13.6 Å². The van der Waals surface area contributed by atoms with E-state index in [2.05, 4.69) is 0 Å². The van der Waals surface area contributed by atoms with Crippen LogP contribution in [-0.2, 0) is 19.7 Å². The van der Waals surface area contributed by atoms with Crippen molar-refractivity contribution in [1.29, 1.82) is 0 Å². The van der Waals surface area contributed by atoms with Crippen LogP contribution in [0.5, 0.6) is 5.75 Å². The highest BCUT2D eigenvalue weighted by atomic mass is 19.1. The molecule has 0 aliphatic carbocycles. The summed E-state index contributed by atoms with van der Waals surface area (Å²) in [6.45, 7) is 0.876. The monoisotopic (exact) mass is 405 g/mol. The van der Waals surface area contributed by atoms with Gasteiger partial charge in [-0.15, -0.1) is 0 Å². The van der Waals surface area contributed by atoms with Crippen molar-refractivity contribution in [3.8, 4) is 5.75 Å². The summed E-state index contributed by atoms with van der Waals surface area (Å²) in [5.74, 6) is 1.34. The minimum atomic E-state index is -0.330. The van der Waals surface area contributed by atoms with Crippen LogP contribution in [-0.4, -0.2) is 10.8 Å². The van der Waals surface area contributed by atoms with Gasteiger partial charge in [0.15, 0.2) is 5.76 Å². The fourth-order valence-corrected chi connectivity index (χ4v) is 3.01. The van der Waals surface area contributed by atoms with Crippen molar-refractivity contribution >= 4 is 5.91 Å². The second-order valence-electron chi connectivity index (χ2n) is 6.73. The lowest BCUT2D eigenvalue weighted by Crippen LogP contribution is -2.29. The maximum absolute atomic E-state index is 13.1. The standard InChI is InChI=1S/C24H20FNO4/c25-19-8-10-20(11-9-19)29-17-22-12-13-23(30-22)24(27)26(16-21-7-4-14-28-21)15-18-5-2-1-3-6-18/h1-14H,15-17H2. The molecule has 0 aliphatic heterocycles. The van der Waals surface area contributed by atoms with Crippen LogP contribution in [0.1, 0.15) is 27.6 Å². The molecule has 0 N–H and O–H groups in total. The van der Waals surface area contributed by atoms with E-state index >= 15 is 0 Å². The van der Waals surface area contributed by atoms with Gasteiger partial charge in [-0.05, 0) is 54.1 Å². The molecule has 0 radical (unpaired) electrons. The third-order valence-corrected chi connectivity index (χ3v) is 4.50. The van der Waals surface area contributed by atoms with Gasteiger partial charge in [0.1, 0.15) is 29.7 Å². The van der Waals surface area contributed by atoms with Gasteiger partial charge < -0.3 is 18.5 Å². The first-order valence-electron chi connectivity index (χ1n) is 9.50. The SMILES string of the molecule is O=C(c1ccc(COc2ccc(F)cc2)o1)N(Cc1ccccc1)Cc1ccco1. The summed E-state index contributed by atoms with van der Waals surface area (Å²) in [5, 5.41) is 0. The van der Waals surface area contributed by atoms with Crippen molar-refractivity contribution in [2.24, 2.45) is 0 Å². The number of furan rings is 2. The Kier molecular flexibility index (Phi) is 5.94. The molecule has 0 bridgehead atoms. The van der Waals surface area contributed by atoms with Gasteiger partial charge in [0.05, 0.1) is 12.8 Å². The van der Waals surface area contributed by atoms with Crippen molar-refractivity contribution in [2.45, 2.75) is 19.7 Å². The fourth-order valence-electron chi connectivity index (χ4n) is 3.01. The Balaban J connectivity index is 1.46. The van der Waals surface area contributed by atoms with E-state index in [9.17, 15) is 9.18 Å². The molecule has 0 saturated heterocycles. The molecular weight excluding hydrogens is 385 g/mol. The lowest BCUT2D eigenvalue weighted by molar-refractivity contribution is 0.0681. The average molecular weight is 405 g/mol. The highest BCUT2D eigenvalue weighted by molar-refractivity contribution is 5.91. The Morgan fingerprint density at radius 2 is 1.67 bits per heavy atom. The highest BCUT2D eigenvalue weighted by Crippen LogP contribution is 2.19. The number of nitrogens with zero attached hydrogens (tertiary/aromatic N) is 1. The molecule has 4 rings (SSSR count). The quantitative estimate of drug-likeness (QED) is 0.392. The number of ether oxygens (including phenoxy) is 1. The molecule has 4 aromatic rings. The number of rotatable bonds is 8. The lowest BCUT2D eigenvalue weighted by atomic mass is 10.2. The third-order valence-electron chi connectivity index (χ3n) is 4.50. The predicted molar refractivity (Wildman–Crippen MR) is 108 cm³/mol. The molecule has 0 atom stereocenters. The van der Waals surface area contributed by atoms with Gasteiger partial charge in [0.2, 0.25) is 0 Å². The van der Waals surface area contributed by atoms with Crippen LogP contribution in [0.4, 0.5) is 4.39 Å². The molecule has 0 unspecified atom stereocenters. The fraction of sp³-hybridized carbons (Fsp3) is 0.125. The molecule has 6 heteroatoms. The van der Waals surface area contributed by atoms with E-state index in [0.717, 1.165) is 5.56 Å². The highest BCUT2D eigenvalue weighted by Gasteiger charge is 2.21. The normalized spacial score (nSPS) is 10.7. The van der Waals surface area contributed by atoms with E-state index in [1.807, 2.05) is 36.4 Å². The first kappa shape index (κ1) is 19.5. The van der Waals surface area contributed by atoms with Crippen LogP contribution in [0, 0.1) is 5.82 Å². The summed E-state index contributed by atoms with van der Waals surface area (Å²) < 4.78 is 29.7. The summed E-state index contributed by atoms with van der Waals surface area (Å²) in [7, 11) is 0. The number of hydrogen-bond donors (Lipinski definition) is 0. The molecular formula is C24H20FNO4. The van der Waals surface area contributed by atoms with E-state index < -0.39 is 0 Å². The molecule has 30 heavy (non-hydrogen) atoms. The van der Waals surface area contributed by atoms with Crippen LogP contribution in [0.2, 0.25) is 0 Å². The zero-order valence-electron chi connectivity index (χ0n) is 16.2. The van der Waals surface area contributed by atoms with Gasteiger partial charge in [-0.1, -0.05) is 30.3 Å². The minimum absolute atomic E-state index is 0.135. The number of halogens is 1. The summed E-state index contributed by atoms with van der Waals surface area (Å²) in [5.41, 5.74) is 1.00. The van der Waals surface area contributed by atoms with E-state index in [-0.39, 0.29) is 24.1 Å². The van der Waals surface area contributed by atoms with Gasteiger partial charge >= 0.3 is 0 Å². The second-order valence-corrected chi connectivity index (χ2v) is 6.73.